The van der Waals surface area contributed by atoms with Gasteiger partial charge in [-0.1, -0.05) is 20.8 Å². The highest BCUT2D eigenvalue weighted by Crippen LogP contribution is 2.50. The molecule has 2 heterocycles. The van der Waals surface area contributed by atoms with Crippen molar-refractivity contribution in [3.63, 3.8) is 0 Å². The highest BCUT2D eigenvalue weighted by Gasteiger charge is 2.62. The predicted molar refractivity (Wildman–Crippen MR) is 107 cm³/mol. The molecule has 2 aliphatic rings. The normalized spacial score (nSPS) is 33.7. The van der Waals surface area contributed by atoms with Gasteiger partial charge in [0.25, 0.3) is 5.56 Å². The number of aliphatic hydroxyl groups is 2. The summed E-state index contributed by atoms with van der Waals surface area (Å²) < 4.78 is 13.9. The monoisotopic (exact) mass is 412 g/mol. The maximum Gasteiger partial charge on any atom is 0.330 e. The SMILES string of the molecule is Cc1cn([C@@H]2O[C@@]3(CCC[C@H]3O[Si](C)(C)C(C)(C)C)[C@@H](O)[C@H]2O)c(=O)[nH]c1=O. The van der Waals surface area contributed by atoms with Gasteiger partial charge in [0.05, 0.1) is 6.10 Å². The second-order valence-electron chi connectivity index (χ2n) is 9.64. The molecule has 2 fully saturated rings. The number of rotatable bonds is 3. The van der Waals surface area contributed by atoms with Gasteiger partial charge >= 0.3 is 5.69 Å². The highest BCUT2D eigenvalue weighted by atomic mass is 28.4. The van der Waals surface area contributed by atoms with Crippen LogP contribution in [0.25, 0.3) is 0 Å². The van der Waals surface area contributed by atoms with Crippen LogP contribution in [0.3, 0.4) is 0 Å². The van der Waals surface area contributed by atoms with Crippen LogP contribution in [-0.4, -0.2) is 52.0 Å². The van der Waals surface area contributed by atoms with E-state index in [1.807, 2.05) is 0 Å². The van der Waals surface area contributed by atoms with Crippen molar-refractivity contribution in [2.24, 2.45) is 0 Å². The van der Waals surface area contributed by atoms with Gasteiger partial charge in [0.15, 0.2) is 14.5 Å². The first kappa shape index (κ1) is 21.4. The molecule has 1 aromatic heterocycles. The molecule has 3 rings (SSSR count). The summed E-state index contributed by atoms with van der Waals surface area (Å²) >= 11 is 0. The fourth-order valence-electron chi connectivity index (χ4n) is 3.94. The molecule has 1 aliphatic heterocycles. The zero-order chi connectivity index (χ0) is 21.1. The molecule has 0 unspecified atom stereocenters. The standard InChI is InChI=1S/C19H32N2O6Si/c1-11-10-21(17(25)20-15(11)24)16-13(22)14(23)19(26-16)9-7-8-12(19)27-28(5,6)18(2,3)4/h10,12-14,16,22-23H,7-9H2,1-6H3,(H,20,24,25)/t12-,13-,14+,16-,19-/m1/s1. The van der Waals surface area contributed by atoms with Crippen molar-refractivity contribution in [3.8, 4) is 0 Å². The number of aryl methyl sites for hydroxylation is 1. The first-order chi connectivity index (χ1) is 12.8. The summed E-state index contributed by atoms with van der Waals surface area (Å²) in [6.45, 7) is 12.3. The first-order valence-corrected chi connectivity index (χ1v) is 12.7. The molecule has 1 aromatic rings. The predicted octanol–water partition coefficient (Wildman–Crippen LogP) is 1.41. The Hall–Kier alpha value is -1.26. The maximum absolute atomic E-state index is 12.3. The minimum Gasteiger partial charge on any atom is -0.411 e. The van der Waals surface area contributed by atoms with E-state index < -0.39 is 43.6 Å². The highest BCUT2D eigenvalue weighted by molar-refractivity contribution is 6.74. The Morgan fingerprint density at radius 1 is 1.32 bits per heavy atom. The third-order valence-electron chi connectivity index (χ3n) is 6.70. The second-order valence-corrected chi connectivity index (χ2v) is 14.4. The topological polar surface area (TPSA) is 114 Å². The molecule has 9 heteroatoms. The van der Waals surface area contributed by atoms with Gasteiger partial charge in [-0.2, -0.15) is 0 Å². The van der Waals surface area contributed by atoms with E-state index in [-0.39, 0.29) is 11.1 Å². The molecule has 0 bridgehead atoms. The van der Waals surface area contributed by atoms with Crippen molar-refractivity contribution in [1.29, 1.82) is 0 Å². The van der Waals surface area contributed by atoms with E-state index in [0.717, 1.165) is 17.4 Å². The number of aromatic amines is 1. The Labute approximate surface area is 165 Å². The van der Waals surface area contributed by atoms with Gasteiger partial charge in [0.2, 0.25) is 0 Å². The summed E-state index contributed by atoms with van der Waals surface area (Å²) in [4.78, 5) is 26.2. The zero-order valence-electron chi connectivity index (χ0n) is 17.5. The summed E-state index contributed by atoms with van der Waals surface area (Å²) in [5, 5.41) is 21.7. The van der Waals surface area contributed by atoms with Crippen LogP contribution >= 0.6 is 0 Å². The Kier molecular flexibility index (Phi) is 5.29. The maximum atomic E-state index is 12.3. The van der Waals surface area contributed by atoms with Crippen LogP contribution in [0.15, 0.2) is 15.8 Å². The summed E-state index contributed by atoms with van der Waals surface area (Å²) in [5.74, 6) is 0. The molecule has 0 radical (unpaired) electrons. The Morgan fingerprint density at radius 2 is 1.96 bits per heavy atom. The van der Waals surface area contributed by atoms with Gasteiger partial charge < -0.3 is 19.4 Å². The lowest BCUT2D eigenvalue weighted by Crippen LogP contribution is -2.55. The molecule has 1 aliphatic carbocycles. The Morgan fingerprint density at radius 3 is 2.57 bits per heavy atom. The summed E-state index contributed by atoms with van der Waals surface area (Å²) in [5.41, 5.74) is -1.90. The van der Waals surface area contributed by atoms with Gasteiger partial charge in [-0.3, -0.25) is 14.3 Å². The van der Waals surface area contributed by atoms with Crippen molar-refractivity contribution >= 4 is 8.32 Å². The minimum absolute atomic E-state index is 0.00861. The quantitative estimate of drug-likeness (QED) is 0.647. The van der Waals surface area contributed by atoms with Crippen LogP contribution < -0.4 is 11.2 Å². The molecule has 28 heavy (non-hydrogen) atoms. The number of hydrogen-bond acceptors (Lipinski definition) is 6. The van der Waals surface area contributed by atoms with Crippen LogP contribution in [0.5, 0.6) is 0 Å². The van der Waals surface area contributed by atoms with Gasteiger partial charge in [-0.15, -0.1) is 0 Å². The van der Waals surface area contributed by atoms with Crippen LogP contribution in [-0.2, 0) is 9.16 Å². The Bertz CT molecular complexity index is 857. The Balaban J connectivity index is 1.96. The van der Waals surface area contributed by atoms with Crippen LogP contribution in [0.1, 0.15) is 51.8 Å². The number of ether oxygens (including phenoxy) is 1. The summed E-state index contributed by atoms with van der Waals surface area (Å²) in [6, 6.07) is 0. The van der Waals surface area contributed by atoms with E-state index in [1.165, 1.54) is 6.20 Å². The average Bonchev–Trinajstić information content (AvgIpc) is 3.07. The number of hydrogen-bond donors (Lipinski definition) is 3. The van der Waals surface area contributed by atoms with Crippen molar-refractivity contribution in [2.45, 2.75) is 95.2 Å². The first-order valence-electron chi connectivity index (χ1n) is 9.84. The molecular weight excluding hydrogens is 380 g/mol. The average molecular weight is 413 g/mol. The molecule has 0 amide bonds. The van der Waals surface area contributed by atoms with Crippen molar-refractivity contribution in [2.75, 3.05) is 0 Å². The molecule has 0 aromatic carbocycles. The largest absolute Gasteiger partial charge is 0.411 e. The van der Waals surface area contributed by atoms with Gasteiger partial charge in [0, 0.05) is 11.8 Å². The second kappa shape index (κ2) is 6.91. The number of nitrogens with one attached hydrogen (secondary N) is 1. The third kappa shape index (κ3) is 3.33. The third-order valence-corrected chi connectivity index (χ3v) is 11.2. The van der Waals surface area contributed by atoms with E-state index in [1.54, 1.807) is 6.92 Å². The fourth-order valence-corrected chi connectivity index (χ4v) is 5.32. The van der Waals surface area contributed by atoms with E-state index in [0.29, 0.717) is 12.0 Å². The zero-order valence-corrected chi connectivity index (χ0v) is 18.5. The smallest absolute Gasteiger partial charge is 0.330 e. The minimum atomic E-state index is -2.13. The van der Waals surface area contributed by atoms with Gasteiger partial charge in [0.1, 0.15) is 17.8 Å². The van der Waals surface area contributed by atoms with Crippen LogP contribution in [0, 0.1) is 6.92 Å². The number of H-pyrrole nitrogens is 1. The molecule has 1 saturated heterocycles. The lowest BCUT2D eigenvalue weighted by molar-refractivity contribution is -0.145. The molecule has 8 nitrogen and oxygen atoms in total. The molecule has 1 spiro atoms. The van der Waals surface area contributed by atoms with E-state index in [4.69, 9.17) is 9.16 Å². The van der Waals surface area contributed by atoms with E-state index >= 15 is 0 Å². The van der Waals surface area contributed by atoms with Crippen molar-refractivity contribution < 1.29 is 19.4 Å². The van der Waals surface area contributed by atoms with Gasteiger partial charge in [-0.05, 0) is 44.3 Å². The lowest BCUT2D eigenvalue weighted by atomic mass is 9.91. The van der Waals surface area contributed by atoms with Crippen molar-refractivity contribution in [1.82, 2.24) is 9.55 Å². The van der Waals surface area contributed by atoms with Crippen LogP contribution in [0.4, 0.5) is 0 Å². The van der Waals surface area contributed by atoms with Crippen molar-refractivity contribution in [3.05, 3.63) is 32.6 Å². The number of aromatic nitrogens is 2. The molecule has 5 atom stereocenters. The molecule has 1 saturated carbocycles. The van der Waals surface area contributed by atoms with E-state index in [9.17, 15) is 19.8 Å². The van der Waals surface area contributed by atoms with E-state index in [2.05, 4.69) is 38.8 Å². The fraction of sp³-hybridized carbons (Fsp3) is 0.789. The molecule has 158 valence electrons. The molecule has 3 N–H and O–H groups in total. The lowest BCUT2D eigenvalue weighted by Gasteiger charge is -2.43. The summed E-state index contributed by atoms with van der Waals surface area (Å²) in [6.07, 6.45) is -0.500. The summed E-state index contributed by atoms with van der Waals surface area (Å²) in [7, 11) is -2.13. The number of nitrogens with zero attached hydrogens (tertiary/aromatic N) is 1. The molecular formula is C19H32N2O6Si. The van der Waals surface area contributed by atoms with Crippen LogP contribution in [0.2, 0.25) is 18.1 Å². The van der Waals surface area contributed by atoms with Gasteiger partial charge in [-0.25, -0.2) is 4.79 Å². The number of aliphatic hydroxyl groups excluding tert-OH is 2.